The van der Waals surface area contributed by atoms with E-state index < -0.39 is 27.0 Å². The second-order valence-electron chi connectivity index (χ2n) is 12.8. The van der Waals surface area contributed by atoms with Crippen LogP contribution in [0.4, 0.5) is 0 Å². The van der Waals surface area contributed by atoms with Crippen molar-refractivity contribution in [2.24, 2.45) is 0 Å². The Morgan fingerprint density at radius 1 is 0.652 bits per heavy atom. The van der Waals surface area contributed by atoms with Crippen LogP contribution in [-0.2, 0) is 26.1 Å². The summed E-state index contributed by atoms with van der Waals surface area (Å²) in [4.78, 5) is 21.9. The molecule has 0 N–H and O–H groups in total. The molecule has 0 heterocycles. The topological polar surface area (TPSA) is 110 Å². The first-order valence-corrected chi connectivity index (χ1v) is 18.5. The lowest BCUT2D eigenvalue weighted by Gasteiger charge is -2.30. The van der Waals surface area contributed by atoms with E-state index in [9.17, 15) is 22.6 Å². The molecule has 0 aromatic heterocycles. The largest absolute Gasteiger partial charge is 0.744 e. The normalized spacial score (nSPS) is 11.4. The number of esters is 2. The summed E-state index contributed by atoms with van der Waals surface area (Å²) in [6.07, 6.45) is 23.2. The monoisotopic (exact) mass is 661 g/mol. The number of carbonyl (C=O) groups is 2. The molecule has 0 saturated carbocycles. The molecule has 46 heavy (non-hydrogen) atoms. The van der Waals surface area contributed by atoms with Gasteiger partial charge in [0.1, 0.15) is 16.7 Å². The Morgan fingerprint density at radius 3 is 1.41 bits per heavy atom. The van der Waals surface area contributed by atoms with Gasteiger partial charge in [0.25, 0.3) is 0 Å². The van der Waals surface area contributed by atoms with Gasteiger partial charge in [-0.05, 0) is 31.0 Å². The van der Waals surface area contributed by atoms with Crippen LogP contribution < -0.4 is 0 Å². The molecule has 0 unspecified atom stereocenters. The Hall–Kier alpha value is -2.75. The Morgan fingerprint density at radius 2 is 1.04 bits per heavy atom. The molecule has 0 bridgehead atoms. The maximum absolute atomic E-state index is 11.3. The Kier molecular flexibility index (Phi) is 21.1. The maximum Gasteiger partial charge on any atom is 0.337 e. The lowest BCUT2D eigenvalue weighted by molar-refractivity contribution is -0.903. The Labute approximate surface area is 279 Å². The number of quaternary nitrogens is 1. The minimum Gasteiger partial charge on any atom is -0.744 e. The molecule has 260 valence electrons. The van der Waals surface area contributed by atoms with Crippen LogP contribution in [0.5, 0.6) is 0 Å². The first-order chi connectivity index (χ1) is 21.9. The average molecular weight is 662 g/mol. The van der Waals surface area contributed by atoms with Crippen molar-refractivity contribution in [2.75, 3.05) is 34.9 Å². The first kappa shape index (κ1) is 41.3. The smallest absolute Gasteiger partial charge is 0.337 e. The molecular weight excluding hydrogens is 602 g/mol. The van der Waals surface area contributed by atoms with Crippen molar-refractivity contribution in [3.05, 3.63) is 65.2 Å². The minimum absolute atomic E-state index is 0.227. The molecule has 2 aromatic rings. The van der Waals surface area contributed by atoms with E-state index in [2.05, 4.69) is 60.8 Å². The van der Waals surface area contributed by atoms with Gasteiger partial charge in [0.2, 0.25) is 0 Å². The van der Waals surface area contributed by atoms with Crippen LogP contribution in [0.25, 0.3) is 0 Å². The second-order valence-corrected chi connectivity index (χ2v) is 14.2. The third-order valence-corrected chi connectivity index (χ3v) is 8.92. The number of unbranched alkanes of at least 4 members (excludes halogenated alkanes) is 15. The third kappa shape index (κ3) is 19.0. The number of hydrogen-bond donors (Lipinski definition) is 0. The molecule has 0 aliphatic rings. The summed E-state index contributed by atoms with van der Waals surface area (Å²) in [6, 6.07) is 13.7. The second kappa shape index (κ2) is 23.6. The fraction of sp³-hybridized carbons (Fsp3) is 0.622. The van der Waals surface area contributed by atoms with Gasteiger partial charge >= 0.3 is 11.9 Å². The van der Waals surface area contributed by atoms with E-state index in [0.29, 0.717) is 0 Å². The van der Waals surface area contributed by atoms with Crippen molar-refractivity contribution in [2.45, 2.75) is 121 Å². The van der Waals surface area contributed by atoms with Crippen LogP contribution in [-0.4, -0.2) is 64.3 Å². The first-order valence-electron chi connectivity index (χ1n) is 17.1. The van der Waals surface area contributed by atoms with Gasteiger partial charge in [-0.2, -0.15) is 0 Å². The zero-order chi connectivity index (χ0) is 34.3. The summed E-state index contributed by atoms with van der Waals surface area (Å²) in [5.74, 6) is -1.74. The van der Waals surface area contributed by atoms with Gasteiger partial charge in [-0.1, -0.05) is 127 Å². The third-order valence-electron chi connectivity index (χ3n) is 8.11. The molecule has 0 saturated heterocycles. The SMILES string of the molecule is CCCCCCCCCCCCCCCCCC[N+](C)(C)Cc1ccccc1.COC(=O)c1cc(C(=O)OC)cc(S(=O)(=O)[O-])c1. The lowest BCUT2D eigenvalue weighted by Crippen LogP contribution is -2.39. The van der Waals surface area contributed by atoms with E-state index >= 15 is 0 Å². The molecule has 0 spiro atoms. The summed E-state index contributed by atoms with van der Waals surface area (Å²) in [7, 11) is 2.11. The predicted molar refractivity (Wildman–Crippen MR) is 184 cm³/mol. The van der Waals surface area contributed by atoms with E-state index in [1.807, 2.05) is 0 Å². The molecule has 0 aliphatic carbocycles. The molecule has 0 radical (unpaired) electrons. The fourth-order valence-corrected chi connectivity index (χ4v) is 6.00. The summed E-state index contributed by atoms with van der Waals surface area (Å²) in [6.45, 7) is 4.75. The van der Waals surface area contributed by atoms with Crippen LogP contribution in [0.3, 0.4) is 0 Å². The highest BCUT2D eigenvalue weighted by Crippen LogP contribution is 2.18. The number of nitrogens with zero attached hydrogens (tertiary/aromatic N) is 1. The molecule has 0 amide bonds. The van der Waals surface area contributed by atoms with E-state index in [1.54, 1.807) is 0 Å². The number of benzene rings is 2. The van der Waals surface area contributed by atoms with E-state index in [0.717, 1.165) is 43.4 Å². The van der Waals surface area contributed by atoms with Crippen LogP contribution in [0, 0.1) is 0 Å². The van der Waals surface area contributed by atoms with Crippen LogP contribution in [0.2, 0.25) is 0 Å². The maximum atomic E-state index is 11.3. The average Bonchev–Trinajstić information content (AvgIpc) is 3.03. The number of methoxy groups -OCH3 is 2. The summed E-state index contributed by atoms with van der Waals surface area (Å²) in [5, 5.41) is 0. The van der Waals surface area contributed by atoms with Gasteiger partial charge in [0.05, 0.1) is 50.9 Å². The van der Waals surface area contributed by atoms with Crippen molar-refractivity contribution in [1.82, 2.24) is 0 Å². The molecule has 0 atom stereocenters. The van der Waals surface area contributed by atoms with Crippen molar-refractivity contribution in [3.63, 3.8) is 0 Å². The lowest BCUT2D eigenvalue weighted by atomic mass is 10.0. The molecule has 0 aliphatic heterocycles. The highest BCUT2D eigenvalue weighted by Gasteiger charge is 2.16. The summed E-state index contributed by atoms with van der Waals surface area (Å²) >= 11 is 0. The van der Waals surface area contributed by atoms with E-state index in [-0.39, 0.29) is 11.1 Å². The van der Waals surface area contributed by atoms with Gasteiger partial charge in [0.15, 0.2) is 0 Å². The van der Waals surface area contributed by atoms with E-state index in [1.165, 1.54) is 115 Å². The standard InChI is InChI=1S/C27H50N.C10H10O7S/c1-4-5-6-7-8-9-10-11-12-13-14-15-16-17-18-22-25-28(2,3)26-27-23-20-19-21-24-27;1-16-9(11)6-3-7(10(12)17-2)5-8(4-6)18(13,14)15/h19-21,23-24H,4-18,22,25-26H2,1-3H3;3-5H,1-2H3,(H,13,14,15)/q+1;/p-1. The van der Waals surface area contributed by atoms with E-state index in [4.69, 9.17) is 0 Å². The molecule has 0 fully saturated rings. The van der Waals surface area contributed by atoms with Crippen molar-refractivity contribution >= 4 is 22.1 Å². The highest BCUT2D eigenvalue weighted by molar-refractivity contribution is 7.85. The zero-order valence-corrected chi connectivity index (χ0v) is 29.9. The number of rotatable bonds is 22. The van der Waals surface area contributed by atoms with Gasteiger partial charge in [-0.3, -0.25) is 0 Å². The Bertz CT molecular complexity index is 1200. The zero-order valence-electron chi connectivity index (χ0n) is 29.1. The molecule has 2 aromatic carbocycles. The summed E-state index contributed by atoms with van der Waals surface area (Å²) in [5.41, 5.74) is 1.01. The molecule has 9 heteroatoms. The molecular formula is C37H59NO7S. The van der Waals surface area contributed by atoms with Crippen LogP contribution in [0.1, 0.15) is 136 Å². The molecule has 8 nitrogen and oxygen atoms in total. The van der Waals surface area contributed by atoms with Gasteiger partial charge in [-0.25, -0.2) is 18.0 Å². The number of hydrogen-bond acceptors (Lipinski definition) is 7. The molecule has 2 rings (SSSR count). The Balaban J connectivity index is 0.000000506. The van der Waals surface area contributed by atoms with Crippen LogP contribution in [0.15, 0.2) is 53.4 Å². The number of ether oxygens (including phenoxy) is 2. The van der Waals surface area contributed by atoms with Gasteiger partial charge < -0.3 is 18.5 Å². The predicted octanol–water partition coefficient (Wildman–Crippen LogP) is 8.69. The van der Waals surface area contributed by atoms with Crippen molar-refractivity contribution in [3.8, 4) is 0 Å². The fourth-order valence-electron chi connectivity index (χ4n) is 5.46. The van der Waals surface area contributed by atoms with Gasteiger partial charge in [-0.15, -0.1) is 0 Å². The number of carbonyl (C=O) groups excluding carboxylic acids is 2. The minimum atomic E-state index is -4.80. The van der Waals surface area contributed by atoms with Crippen molar-refractivity contribution in [1.29, 1.82) is 0 Å². The van der Waals surface area contributed by atoms with Crippen LogP contribution >= 0.6 is 0 Å². The van der Waals surface area contributed by atoms with Gasteiger partial charge in [0, 0.05) is 5.56 Å². The highest BCUT2D eigenvalue weighted by atomic mass is 32.2. The van der Waals surface area contributed by atoms with Crippen molar-refractivity contribution < 1.29 is 36.5 Å². The quantitative estimate of drug-likeness (QED) is 0.0537. The summed E-state index contributed by atoms with van der Waals surface area (Å²) < 4.78 is 42.6.